The van der Waals surface area contributed by atoms with Gasteiger partial charge in [-0.25, -0.2) is 0 Å². The standard InChI is InChI=1S/C10H19NO2/c1-9(8-13-2)7-10(12)11-5-3-4-6-11/h9H,3-8H2,1-2H3. The van der Waals surface area contributed by atoms with Crippen molar-refractivity contribution in [1.29, 1.82) is 0 Å². The highest BCUT2D eigenvalue weighted by atomic mass is 16.5. The van der Waals surface area contributed by atoms with E-state index in [9.17, 15) is 4.79 Å². The number of likely N-dealkylation sites (tertiary alicyclic amines) is 1. The molecule has 0 aliphatic carbocycles. The Kier molecular flexibility index (Phi) is 4.22. The van der Waals surface area contributed by atoms with E-state index in [2.05, 4.69) is 6.92 Å². The molecule has 1 unspecified atom stereocenters. The van der Waals surface area contributed by atoms with Gasteiger partial charge >= 0.3 is 0 Å². The van der Waals surface area contributed by atoms with Crippen LogP contribution in [0, 0.1) is 5.92 Å². The van der Waals surface area contributed by atoms with E-state index in [1.165, 1.54) is 12.8 Å². The van der Waals surface area contributed by atoms with Gasteiger partial charge in [0.1, 0.15) is 0 Å². The van der Waals surface area contributed by atoms with Gasteiger partial charge in [-0.3, -0.25) is 4.79 Å². The van der Waals surface area contributed by atoms with E-state index < -0.39 is 0 Å². The van der Waals surface area contributed by atoms with Gasteiger partial charge in [-0.05, 0) is 18.8 Å². The third kappa shape index (κ3) is 3.35. The molecule has 0 saturated carbocycles. The molecule has 3 nitrogen and oxygen atoms in total. The van der Waals surface area contributed by atoms with Gasteiger partial charge in [0.15, 0.2) is 0 Å². The van der Waals surface area contributed by atoms with Gasteiger partial charge in [0.05, 0.1) is 0 Å². The first kappa shape index (κ1) is 10.5. The maximum absolute atomic E-state index is 11.6. The molecule has 0 bridgehead atoms. The van der Waals surface area contributed by atoms with Crippen LogP contribution >= 0.6 is 0 Å². The van der Waals surface area contributed by atoms with Crippen LogP contribution in [0.4, 0.5) is 0 Å². The second-order valence-corrected chi connectivity index (χ2v) is 3.85. The number of nitrogens with zero attached hydrogens (tertiary/aromatic N) is 1. The number of carbonyl (C=O) groups excluding carboxylic acids is 1. The molecule has 1 heterocycles. The lowest BCUT2D eigenvalue weighted by atomic mass is 10.1. The van der Waals surface area contributed by atoms with Crippen molar-refractivity contribution in [3.8, 4) is 0 Å². The third-order valence-corrected chi connectivity index (χ3v) is 2.43. The van der Waals surface area contributed by atoms with Crippen LogP contribution < -0.4 is 0 Å². The predicted molar refractivity (Wildman–Crippen MR) is 51.5 cm³/mol. The maximum Gasteiger partial charge on any atom is 0.222 e. The van der Waals surface area contributed by atoms with Crippen molar-refractivity contribution in [3.05, 3.63) is 0 Å². The maximum atomic E-state index is 11.6. The van der Waals surface area contributed by atoms with Gasteiger partial charge in [0, 0.05) is 33.2 Å². The van der Waals surface area contributed by atoms with Crippen LogP contribution in [-0.2, 0) is 9.53 Å². The van der Waals surface area contributed by atoms with Crippen molar-refractivity contribution >= 4 is 5.91 Å². The summed E-state index contributed by atoms with van der Waals surface area (Å²) in [6.45, 7) is 4.65. The molecule has 0 radical (unpaired) electrons. The summed E-state index contributed by atoms with van der Waals surface area (Å²) in [6, 6.07) is 0. The molecule has 13 heavy (non-hydrogen) atoms. The van der Waals surface area contributed by atoms with Crippen LogP contribution in [0.15, 0.2) is 0 Å². The van der Waals surface area contributed by atoms with Gasteiger partial charge in [-0.2, -0.15) is 0 Å². The zero-order chi connectivity index (χ0) is 9.68. The molecule has 1 saturated heterocycles. The summed E-state index contributed by atoms with van der Waals surface area (Å²) in [4.78, 5) is 13.6. The lowest BCUT2D eigenvalue weighted by Crippen LogP contribution is -2.29. The lowest BCUT2D eigenvalue weighted by molar-refractivity contribution is -0.131. The van der Waals surface area contributed by atoms with Crippen molar-refractivity contribution in [1.82, 2.24) is 4.90 Å². The number of carbonyl (C=O) groups is 1. The normalized spacial score (nSPS) is 19.1. The Balaban J connectivity index is 2.23. The first-order valence-electron chi connectivity index (χ1n) is 5.00. The lowest BCUT2D eigenvalue weighted by Gasteiger charge is -2.17. The molecule has 76 valence electrons. The van der Waals surface area contributed by atoms with Crippen molar-refractivity contribution in [2.24, 2.45) is 5.92 Å². The van der Waals surface area contributed by atoms with Gasteiger partial charge in [0.25, 0.3) is 0 Å². The van der Waals surface area contributed by atoms with Crippen LogP contribution in [0.25, 0.3) is 0 Å². The van der Waals surface area contributed by atoms with Crippen molar-refractivity contribution in [3.63, 3.8) is 0 Å². The Morgan fingerprint density at radius 1 is 1.46 bits per heavy atom. The molecule has 1 atom stereocenters. The summed E-state index contributed by atoms with van der Waals surface area (Å²) < 4.78 is 5.00. The summed E-state index contributed by atoms with van der Waals surface area (Å²) in [5, 5.41) is 0. The molecule has 0 aromatic rings. The Bertz CT molecular complexity index is 164. The highest BCUT2D eigenvalue weighted by molar-refractivity contribution is 5.76. The van der Waals surface area contributed by atoms with Crippen molar-refractivity contribution in [2.75, 3.05) is 26.8 Å². The van der Waals surface area contributed by atoms with Crippen LogP contribution in [0.3, 0.4) is 0 Å². The molecule has 1 amide bonds. The molecule has 1 fully saturated rings. The minimum absolute atomic E-state index is 0.294. The summed E-state index contributed by atoms with van der Waals surface area (Å²) >= 11 is 0. The second-order valence-electron chi connectivity index (χ2n) is 3.85. The topological polar surface area (TPSA) is 29.5 Å². The highest BCUT2D eigenvalue weighted by Crippen LogP contribution is 2.12. The Hall–Kier alpha value is -0.570. The zero-order valence-electron chi connectivity index (χ0n) is 8.58. The van der Waals surface area contributed by atoms with E-state index in [0.29, 0.717) is 24.9 Å². The Morgan fingerprint density at radius 2 is 2.08 bits per heavy atom. The Morgan fingerprint density at radius 3 is 2.62 bits per heavy atom. The van der Waals surface area contributed by atoms with Crippen molar-refractivity contribution < 1.29 is 9.53 Å². The number of hydrogen-bond donors (Lipinski definition) is 0. The first-order valence-corrected chi connectivity index (χ1v) is 5.00. The largest absolute Gasteiger partial charge is 0.384 e. The van der Waals surface area contributed by atoms with Crippen LogP contribution in [0.5, 0.6) is 0 Å². The monoisotopic (exact) mass is 185 g/mol. The van der Waals surface area contributed by atoms with Crippen LogP contribution in [0.1, 0.15) is 26.2 Å². The fraction of sp³-hybridized carbons (Fsp3) is 0.900. The predicted octanol–water partition coefficient (Wildman–Crippen LogP) is 1.28. The van der Waals surface area contributed by atoms with E-state index in [4.69, 9.17) is 4.74 Å². The average molecular weight is 185 g/mol. The van der Waals surface area contributed by atoms with E-state index in [-0.39, 0.29) is 0 Å². The Labute approximate surface area is 80.1 Å². The van der Waals surface area contributed by atoms with E-state index in [0.717, 1.165) is 13.1 Å². The first-order chi connectivity index (χ1) is 6.24. The summed E-state index contributed by atoms with van der Waals surface area (Å²) in [5.74, 6) is 0.639. The quantitative estimate of drug-likeness (QED) is 0.660. The molecule has 1 aliphatic rings. The van der Waals surface area contributed by atoms with Crippen LogP contribution in [-0.4, -0.2) is 37.6 Å². The molecule has 0 N–H and O–H groups in total. The van der Waals surface area contributed by atoms with Crippen molar-refractivity contribution in [2.45, 2.75) is 26.2 Å². The van der Waals surface area contributed by atoms with Gasteiger partial charge in [0.2, 0.25) is 5.91 Å². The SMILES string of the molecule is COCC(C)CC(=O)N1CCCC1. The molecular weight excluding hydrogens is 166 g/mol. The second kappa shape index (κ2) is 5.22. The summed E-state index contributed by atoms with van der Waals surface area (Å²) in [5.41, 5.74) is 0. The molecule has 1 aliphatic heterocycles. The highest BCUT2D eigenvalue weighted by Gasteiger charge is 2.19. The fourth-order valence-electron chi connectivity index (χ4n) is 1.74. The fourth-order valence-corrected chi connectivity index (χ4v) is 1.74. The summed E-state index contributed by atoms with van der Waals surface area (Å²) in [6.07, 6.45) is 2.97. The number of ether oxygens (including phenoxy) is 1. The molecule has 0 spiro atoms. The third-order valence-electron chi connectivity index (χ3n) is 2.43. The van der Waals surface area contributed by atoms with E-state index in [1.807, 2.05) is 4.90 Å². The van der Waals surface area contributed by atoms with Crippen LogP contribution in [0.2, 0.25) is 0 Å². The van der Waals surface area contributed by atoms with E-state index >= 15 is 0 Å². The molecule has 3 heteroatoms. The van der Waals surface area contributed by atoms with Gasteiger partial charge in [-0.1, -0.05) is 6.92 Å². The van der Waals surface area contributed by atoms with Gasteiger partial charge in [-0.15, -0.1) is 0 Å². The van der Waals surface area contributed by atoms with E-state index in [1.54, 1.807) is 7.11 Å². The number of rotatable bonds is 4. The number of methoxy groups -OCH3 is 1. The molecule has 0 aromatic heterocycles. The zero-order valence-corrected chi connectivity index (χ0v) is 8.58. The smallest absolute Gasteiger partial charge is 0.222 e. The minimum Gasteiger partial charge on any atom is -0.384 e. The van der Waals surface area contributed by atoms with Gasteiger partial charge < -0.3 is 9.64 Å². The molecule has 1 rings (SSSR count). The number of hydrogen-bond acceptors (Lipinski definition) is 2. The minimum atomic E-state index is 0.294. The molecule has 0 aromatic carbocycles. The number of amides is 1. The molecular formula is C10H19NO2. The summed E-state index contributed by atoms with van der Waals surface area (Å²) in [7, 11) is 1.68. The average Bonchev–Trinajstić information content (AvgIpc) is 2.55.